The molecule has 1 aliphatic rings. The average Bonchev–Trinajstić information content (AvgIpc) is 2.38. The molecule has 0 bridgehead atoms. The van der Waals surface area contributed by atoms with Crippen molar-refractivity contribution in [1.82, 2.24) is 5.32 Å². The lowest BCUT2D eigenvalue weighted by Gasteiger charge is -2.05. The lowest BCUT2D eigenvalue weighted by Crippen LogP contribution is -2.19. The van der Waals surface area contributed by atoms with Gasteiger partial charge in [-0.15, -0.1) is 12.4 Å². The molecule has 1 atom stereocenters. The minimum atomic E-state index is -0.0486. The molecular formula is C7H14ClNO2. The Labute approximate surface area is 72.9 Å². The van der Waals surface area contributed by atoms with Crippen molar-refractivity contribution in [2.45, 2.75) is 13.3 Å². The molecule has 1 N–H and O–H groups in total. The van der Waals surface area contributed by atoms with Crippen LogP contribution in [0.2, 0.25) is 0 Å². The van der Waals surface area contributed by atoms with E-state index in [1.165, 1.54) is 0 Å². The summed E-state index contributed by atoms with van der Waals surface area (Å²) < 4.78 is 4.85. The van der Waals surface area contributed by atoms with Crippen LogP contribution in [0.3, 0.4) is 0 Å². The number of carbonyl (C=O) groups excluding carboxylic acids is 1. The first-order valence-electron chi connectivity index (χ1n) is 3.72. The van der Waals surface area contributed by atoms with Crippen LogP contribution in [0.25, 0.3) is 0 Å². The smallest absolute Gasteiger partial charge is 0.310 e. The van der Waals surface area contributed by atoms with E-state index in [9.17, 15) is 4.79 Å². The Morgan fingerprint density at radius 3 is 2.91 bits per heavy atom. The Morgan fingerprint density at radius 2 is 2.45 bits per heavy atom. The highest BCUT2D eigenvalue weighted by atomic mass is 35.5. The van der Waals surface area contributed by atoms with Crippen LogP contribution in [-0.2, 0) is 9.53 Å². The van der Waals surface area contributed by atoms with Gasteiger partial charge in [-0.05, 0) is 19.9 Å². The number of hydrogen-bond acceptors (Lipinski definition) is 3. The molecule has 0 unspecified atom stereocenters. The molecule has 4 heteroatoms. The topological polar surface area (TPSA) is 38.3 Å². The normalized spacial score (nSPS) is 22.5. The number of esters is 1. The zero-order valence-electron chi connectivity index (χ0n) is 6.63. The molecule has 1 rings (SSSR count). The van der Waals surface area contributed by atoms with Crippen molar-refractivity contribution < 1.29 is 9.53 Å². The molecule has 0 amide bonds. The number of ether oxygens (including phenoxy) is 1. The summed E-state index contributed by atoms with van der Waals surface area (Å²) >= 11 is 0. The summed E-state index contributed by atoms with van der Waals surface area (Å²) in [5.41, 5.74) is 0. The molecule has 0 spiro atoms. The first-order valence-corrected chi connectivity index (χ1v) is 3.72. The van der Waals surface area contributed by atoms with E-state index in [1.54, 1.807) is 0 Å². The van der Waals surface area contributed by atoms with Crippen molar-refractivity contribution in [2.75, 3.05) is 19.7 Å². The van der Waals surface area contributed by atoms with Crippen molar-refractivity contribution in [1.29, 1.82) is 0 Å². The Balaban J connectivity index is 0.000001000. The summed E-state index contributed by atoms with van der Waals surface area (Å²) in [5.74, 6) is 0.0625. The second kappa shape index (κ2) is 5.38. The zero-order chi connectivity index (χ0) is 7.40. The minimum absolute atomic E-state index is 0. The largest absolute Gasteiger partial charge is 0.466 e. The van der Waals surface area contributed by atoms with Crippen LogP contribution in [0.1, 0.15) is 13.3 Å². The molecule has 1 fully saturated rings. The average molecular weight is 180 g/mol. The summed E-state index contributed by atoms with van der Waals surface area (Å²) in [5, 5.41) is 3.11. The van der Waals surface area contributed by atoms with Crippen molar-refractivity contribution >= 4 is 18.4 Å². The molecule has 1 heterocycles. The second-order valence-electron chi connectivity index (χ2n) is 2.44. The van der Waals surface area contributed by atoms with Crippen LogP contribution in [-0.4, -0.2) is 25.7 Å². The fourth-order valence-electron chi connectivity index (χ4n) is 1.12. The van der Waals surface area contributed by atoms with E-state index in [4.69, 9.17) is 4.74 Å². The SMILES string of the molecule is CCOC(=O)[C@H]1CCNC1.Cl. The fraction of sp³-hybridized carbons (Fsp3) is 0.857. The van der Waals surface area contributed by atoms with Crippen molar-refractivity contribution in [3.63, 3.8) is 0 Å². The second-order valence-corrected chi connectivity index (χ2v) is 2.44. The van der Waals surface area contributed by atoms with Gasteiger partial charge in [0.2, 0.25) is 0 Å². The van der Waals surface area contributed by atoms with Gasteiger partial charge in [0.25, 0.3) is 0 Å². The van der Waals surface area contributed by atoms with E-state index in [-0.39, 0.29) is 24.3 Å². The highest BCUT2D eigenvalue weighted by molar-refractivity contribution is 5.85. The fourth-order valence-corrected chi connectivity index (χ4v) is 1.12. The lowest BCUT2D eigenvalue weighted by atomic mass is 10.1. The Morgan fingerprint density at radius 1 is 1.73 bits per heavy atom. The van der Waals surface area contributed by atoms with Gasteiger partial charge in [-0.3, -0.25) is 4.79 Å². The zero-order valence-corrected chi connectivity index (χ0v) is 7.45. The maximum Gasteiger partial charge on any atom is 0.310 e. The Hall–Kier alpha value is -0.280. The van der Waals surface area contributed by atoms with Crippen LogP contribution in [0, 0.1) is 5.92 Å². The number of rotatable bonds is 2. The molecule has 3 nitrogen and oxygen atoms in total. The number of halogens is 1. The van der Waals surface area contributed by atoms with Gasteiger partial charge >= 0.3 is 5.97 Å². The Bertz CT molecular complexity index is 124. The maximum absolute atomic E-state index is 11.0. The monoisotopic (exact) mass is 179 g/mol. The van der Waals surface area contributed by atoms with Gasteiger partial charge in [0.05, 0.1) is 12.5 Å². The Kier molecular flexibility index (Phi) is 5.24. The molecular weight excluding hydrogens is 166 g/mol. The van der Waals surface area contributed by atoms with Crippen LogP contribution in [0.5, 0.6) is 0 Å². The van der Waals surface area contributed by atoms with E-state index in [2.05, 4.69) is 5.32 Å². The lowest BCUT2D eigenvalue weighted by molar-refractivity contribution is -0.147. The number of nitrogens with one attached hydrogen (secondary N) is 1. The standard InChI is InChI=1S/C7H13NO2.ClH/c1-2-10-7(9)6-3-4-8-5-6;/h6,8H,2-5H2,1H3;1H/t6-;/m0./s1. The predicted molar refractivity (Wildman–Crippen MR) is 44.9 cm³/mol. The maximum atomic E-state index is 11.0. The molecule has 0 aromatic carbocycles. The van der Waals surface area contributed by atoms with E-state index in [0.717, 1.165) is 19.5 Å². The molecule has 0 aromatic rings. The molecule has 1 aliphatic heterocycles. The van der Waals surface area contributed by atoms with Gasteiger partial charge in [-0.1, -0.05) is 0 Å². The minimum Gasteiger partial charge on any atom is -0.466 e. The summed E-state index contributed by atoms with van der Waals surface area (Å²) in [4.78, 5) is 11.0. The quantitative estimate of drug-likeness (QED) is 0.631. The van der Waals surface area contributed by atoms with Crippen molar-refractivity contribution in [2.24, 2.45) is 5.92 Å². The molecule has 11 heavy (non-hydrogen) atoms. The highest BCUT2D eigenvalue weighted by Crippen LogP contribution is 2.08. The first-order chi connectivity index (χ1) is 4.84. The number of carbonyl (C=O) groups is 1. The molecule has 0 aromatic heterocycles. The molecule has 0 radical (unpaired) electrons. The third kappa shape index (κ3) is 3.08. The molecule has 0 saturated carbocycles. The molecule has 1 saturated heterocycles. The summed E-state index contributed by atoms with van der Waals surface area (Å²) in [7, 11) is 0. The summed E-state index contributed by atoms with van der Waals surface area (Å²) in [6.07, 6.45) is 0.929. The van der Waals surface area contributed by atoms with Gasteiger partial charge in [-0.2, -0.15) is 0 Å². The van der Waals surface area contributed by atoms with Crippen LogP contribution < -0.4 is 5.32 Å². The summed E-state index contributed by atoms with van der Waals surface area (Å²) in [6.45, 7) is 4.07. The van der Waals surface area contributed by atoms with E-state index < -0.39 is 0 Å². The van der Waals surface area contributed by atoms with Gasteiger partial charge in [0, 0.05) is 6.54 Å². The van der Waals surface area contributed by atoms with E-state index in [1.807, 2.05) is 6.92 Å². The number of hydrogen-bond donors (Lipinski definition) is 1. The van der Waals surface area contributed by atoms with Crippen LogP contribution in [0.4, 0.5) is 0 Å². The van der Waals surface area contributed by atoms with Gasteiger partial charge < -0.3 is 10.1 Å². The van der Waals surface area contributed by atoms with Crippen molar-refractivity contribution in [3.8, 4) is 0 Å². The van der Waals surface area contributed by atoms with Crippen LogP contribution >= 0.6 is 12.4 Å². The third-order valence-electron chi connectivity index (χ3n) is 1.68. The van der Waals surface area contributed by atoms with Gasteiger partial charge in [0.1, 0.15) is 0 Å². The first kappa shape index (κ1) is 10.7. The van der Waals surface area contributed by atoms with Crippen LogP contribution in [0.15, 0.2) is 0 Å². The summed E-state index contributed by atoms with van der Waals surface area (Å²) in [6, 6.07) is 0. The van der Waals surface area contributed by atoms with Gasteiger partial charge in [0.15, 0.2) is 0 Å². The molecule has 0 aliphatic carbocycles. The highest BCUT2D eigenvalue weighted by Gasteiger charge is 2.22. The van der Waals surface area contributed by atoms with E-state index >= 15 is 0 Å². The van der Waals surface area contributed by atoms with Gasteiger partial charge in [-0.25, -0.2) is 0 Å². The predicted octanol–water partition coefficient (Wildman–Crippen LogP) is 0.581. The van der Waals surface area contributed by atoms with Crippen molar-refractivity contribution in [3.05, 3.63) is 0 Å². The third-order valence-corrected chi connectivity index (χ3v) is 1.68. The molecule has 66 valence electrons. The van der Waals surface area contributed by atoms with E-state index in [0.29, 0.717) is 6.61 Å².